The molecule has 0 bridgehead atoms. The summed E-state index contributed by atoms with van der Waals surface area (Å²) in [4.78, 5) is 1.08. The second-order valence-corrected chi connectivity index (χ2v) is 6.58. The largest absolute Gasteiger partial charge is 0.493 e. The average molecular weight is 254 g/mol. The van der Waals surface area contributed by atoms with E-state index in [2.05, 4.69) is 13.8 Å². The molecule has 1 aromatic carbocycles. The molecule has 0 spiro atoms. The van der Waals surface area contributed by atoms with Crippen molar-refractivity contribution in [2.75, 3.05) is 14.2 Å². The number of thioether (sulfide) groups is 1. The van der Waals surface area contributed by atoms with E-state index in [1.807, 2.05) is 12.1 Å². The van der Waals surface area contributed by atoms with Gasteiger partial charge in [0.1, 0.15) is 0 Å². The number of aliphatic hydroxyl groups excluding tert-OH is 1. The van der Waals surface area contributed by atoms with Gasteiger partial charge in [0.05, 0.1) is 20.3 Å². The fourth-order valence-electron chi connectivity index (χ4n) is 2.14. The van der Waals surface area contributed by atoms with E-state index in [-0.39, 0.29) is 4.75 Å². The fourth-order valence-corrected chi connectivity index (χ4v) is 3.46. The van der Waals surface area contributed by atoms with Gasteiger partial charge in [-0.15, -0.1) is 11.8 Å². The highest BCUT2D eigenvalue weighted by atomic mass is 32.2. The summed E-state index contributed by atoms with van der Waals surface area (Å²) < 4.78 is 10.6. The summed E-state index contributed by atoms with van der Waals surface area (Å²) in [5, 5.41) is 10.2. The smallest absolute Gasteiger partial charge is 0.161 e. The third-order valence-corrected chi connectivity index (χ3v) is 4.24. The van der Waals surface area contributed by atoms with Crippen molar-refractivity contribution in [3.8, 4) is 11.5 Å². The van der Waals surface area contributed by atoms with Crippen molar-refractivity contribution < 1.29 is 14.6 Å². The van der Waals surface area contributed by atoms with Crippen molar-refractivity contribution in [3.63, 3.8) is 0 Å². The van der Waals surface area contributed by atoms with Gasteiger partial charge in [0.2, 0.25) is 0 Å². The van der Waals surface area contributed by atoms with Crippen LogP contribution < -0.4 is 9.47 Å². The summed E-state index contributed by atoms with van der Waals surface area (Å²) in [6.07, 6.45) is 0.321. The third-order valence-electron chi connectivity index (χ3n) is 2.95. The molecule has 17 heavy (non-hydrogen) atoms. The molecule has 1 N–H and O–H groups in total. The molecule has 1 atom stereocenters. The normalized spacial score (nSPS) is 21.8. The maximum absolute atomic E-state index is 10.2. The van der Waals surface area contributed by atoms with Crippen LogP contribution in [0.3, 0.4) is 0 Å². The quantitative estimate of drug-likeness (QED) is 0.880. The first-order valence-corrected chi connectivity index (χ1v) is 6.41. The Bertz CT molecular complexity index is 429. The third kappa shape index (κ3) is 2.38. The first kappa shape index (κ1) is 12.6. The maximum atomic E-state index is 10.2. The molecule has 1 heterocycles. The second-order valence-electron chi connectivity index (χ2n) is 4.83. The molecule has 0 aliphatic carbocycles. The summed E-state index contributed by atoms with van der Waals surface area (Å²) in [6, 6.07) is 3.82. The first-order valence-electron chi connectivity index (χ1n) is 5.60. The second kappa shape index (κ2) is 4.42. The molecule has 0 fully saturated rings. The zero-order valence-corrected chi connectivity index (χ0v) is 11.4. The Labute approximate surface area is 106 Å². The highest BCUT2D eigenvalue weighted by Crippen LogP contribution is 2.50. The highest BCUT2D eigenvalue weighted by molar-refractivity contribution is 8.00. The minimum atomic E-state index is -0.430. The van der Waals surface area contributed by atoms with E-state index in [1.165, 1.54) is 0 Å². The van der Waals surface area contributed by atoms with Gasteiger partial charge in [-0.25, -0.2) is 0 Å². The minimum Gasteiger partial charge on any atom is -0.493 e. The van der Waals surface area contributed by atoms with E-state index in [4.69, 9.17) is 9.47 Å². The van der Waals surface area contributed by atoms with E-state index in [0.717, 1.165) is 16.9 Å². The van der Waals surface area contributed by atoms with Gasteiger partial charge in [-0.2, -0.15) is 0 Å². The van der Waals surface area contributed by atoms with Crippen LogP contribution in [0.4, 0.5) is 0 Å². The topological polar surface area (TPSA) is 38.7 Å². The summed E-state index contributed by atoms with van der Waals surface area (Å²) in [5.74, 6) is 1.38. The highest BCUT2D eigenvalue weighted by Gasteiger charge is 2.33. The number of hydrogen-bond acceptors (Lipinski definition) is 4. The van der Waals surface area contributed by atoms with Crippen LogP contribution in [0.5, 0.6) is 11.5 Å². The fraction of sp³-hybridized carbons (Fsp3) is 0.538. The molecule has 2 rings (SSSR count). The molecule has 0 amide bonds. The van der Waals surface area contributed by atoms with Gasteiger partial charge >= 0.3 is 0 Å². The van der Waals surface area contributed by atoms with Gasteiger partial charge in [-0.3, -0.25) is 0 Å². The molecule has 1 unspecified atom stereocenters. The molecule has 1 aliphatic rings. The molecule has 3 nitrogen and oxygen atoms in total. The van der Waals surface area contributed by atoms with Crippen LogP contribution in [0.1, 0.15) is 31.9 Å². The summed E-state index contributed by atoms with van der Waals surface area (Å²) in [5.41, 5.74) is 0.937. The zero-order chi connectivity index (χ0) is 12.6. The SMILES string of the molecule is COc1cc2c(cc1OC)C(O)CC(C)(C)S2. The summed E-state index contributed by atoms with van der Waals surface area (Å²) in [6.45, 7) is 4.28. The Morgan fingerprint density at radius 2 is 1.82 bits per heavy atom. The molecule has 94 valence electrons. The van der Waals surface area contributed by atoms with E-state index in [1.54, 1.807) is 26.0 Å². The van der Waals surface area contributed by atoms with E-state index < -0.39 is 6.10 Å². The Balaban J connectivity index is 2.50. The lowest BCUT2D eigenvalue weighted by atomic mass is 9.97. The van der Waals surface area contributed by atoms with Gasteiger partial charge in [-0.1, -0.05) is 13.8 Å². The van der Waals surface area contributed by atoms with Crippen LogP contribution in [0.2, 0.25) is 0 Å². The lowest BCUT2D eigenvalue weighted by Crippen LogP contribution is -2.23. The van der Waals surface area contributed by atoms with E-state index in [9.17, 15) is 5.11 Å². The van der Waals surface area contributed by atoms with Crippen LogP contribution in [0, 0.1) is 0 Å². The maximum Gasteiger partial charge on any atom is 0.161 e. The standard InChI is InChI=1S/C13H18O3S/c1-13(2)7-9(14)8-5-10(15-3)11(16-4)6-12(8)17-13/h5-6,9,14H,7H2,1-4H3. The van der Waals surface area contributed by atoms with Crippen molar-refractivity contribution in [3.05, 3.63) is 17.7 Å². The molecule has 1 aliphatic heterocycles. The Morgan fingerprint density at radius 1 is 1.24 bits per heavy atom. The Kier molecular flexibility index (Phi) is 3.27. The molecule has 1 aromatic rings. The van der Waals surface area contributed by atoms with Crippen LogP contribution in [0.15, 0.2) is 17.0 Å². The van der Waals surface area contributed by atoms with Crippen molar-refractivity contribution in [1.29, 1.82) is 0 Å². The van der Waals surface area contributed by atoms with Crippen LogP contribution in [0.25, 0.3) is 0 Å². The molecule has 0 saturated carbocycles. The van der Waals surface area contributed by atoms with Crippen LogP contribution in [-0.2, 0) is 0 Å². The van der Waals surface area contributed by atoms with Crippen LogP contribution in [-0.4, -0.2) is 24.1 Å². The predicted octanol–water partition coefficient (Wildman–Crippen LogP) is 3.01. The number of fused-ring (bicyclic) bond motifs is 1. The average Bonchev–Trinajstić information content (AvgIpc) is 2.26. The van der Waals surface area contributed by atoms with E-state index in [0.29, 0.717) is 11.5 Å². The number of hydrogen-bond donors (Lipinski definition) is 1. The van der Waals surface area contributed by atoms with Gasteiger partial charge in [0.25, 0.3) is 0 Å². The zero-order valence-electron chi connectivity index (χ0n) is 10.6. The summed E-state index contributed by atoms with van der Waals surface area (Å²) in [7, 11) is 3.23. The number of ether oxygens (including phenoxy) is 2. The predicted molar refractivity (Wildman–Crippen MR) is 69.1 cm³/mol. The first-order chi connectivity index (χ1) is 7.96. The van der Waals surface area contributed by atoms with Gasteiger partial charge in [0, 0.05) is 9.64 Å². The van der Waals surface area contributed by atoms with Crippen molar-refractivity contribution >= 4 is 11.8 Å². The van der Waals surface area contributed by atoms with E-state index >= 15 is 0 Å². The van der Waals surface area contributed by atoms with Crippen molar-refractivity contribution in [2.24, 2.45) is 0 Å². The minimum absolute atomic E-state index is 0.0476. The molecule has 0 radical (unpaired) electrons. The number of aliphatic hydroxyl groups is 1. The molecule has 0 aromatic heterocycles. The monoisotopic (exact) mass is 254 g/mol. The number of methoxy groups -OCH3 is 2. The molecular weight excluding hydrogens is 236 g/mol. The number of benzene rings is 1. The lowest BCUT2D eigenvalue weighted by molar-refractivity contribution is 0.150. The van der Waals surface area contributed by atoms with Crippen LogP contribution >= 0.6 is 11.8 Å². The van der Waals surface area contributed by atoms with Crippen molar-refractivity contribution in [2.45, 2.75) is 36.0 Å². The Morgan fingerprint density at radius 3 is 2.41 bits per heavy atom. The summed E-state index contributed by atoms with van der Waals surface area (Å²) >= 11 is 1.77. The Hall–Kier alpha value is -0.870. The lowest BCUT2D eigenvalue weighted by Gasteiger charge is -2.34. The van der Waals surface area contributed by atoms with Gasteiger partial charge in [-0.05, 0) is 24.1 Å². The molecular formula is C13H18O3S. The van der Waals surface area contributed by atoms with Crippen molar-refractivity contribution in [1.82, 2.24) is 0 Å². The molecule has 4 heteroatoms. The van der Waals surface area contributed by atoms with Gasteiger partial charge < -0.3 is 14.6 Å². The molecule has 0 saturated heterocycles. The number of rotatable bonds is 2. The van der Waals surface area contributed by atoms with Gasteiger partial charge in [0.15, 0.2) is 11.5 Å².